The smallest absolute Gasteiger partial charge is 0.240 e. The van der Waals surface area contributed by atoms with E-state index in [9.17, 15) is 13.2 Å². The highest BCUT2D eigenvalue weighted by Crippen LogP contribution is 2.21. The Morgan fingerprint density at radius 3 is 2.45 bits per heavy atom. The van der Waals surface area contributed by atoms with Crippen molar-refractivity contribution in [2.24, 2.45) is 0 Å². The van der Waals surface area contributed by atoms with Gasteiger partial charge in [-0.25, -0.2) is 13.1 Å². The number of benzene rings is 1. The maximum absolute atomic E-state index is 12.2. The molecule has 0 aliphatic heterocycles. The van der Waals surface area contributed by atoms with Crippen LogP contribution in [-0.2, 0) is 19.6 Å². The number of ether oxygens (including phenoxy) is 1. The normalized spacial score (nSPS) is 15.9. The van der Waals surface area contributed by atoms with Crippen LogP contribution in [0.1, 0.15) is 32.1 Å². The molecule has 0 aromatic heterocycles. The maximum Gasteiger partial charge on any atom is 0.240 e. The second-order valence-electron chi connectivity index (χ2n) is 5.42. The number of anilines is 1. The summed E-state index contributed by atoms with van der Waals surface area (Å²) >= 11 is 0. The summed E-state index contributed by atoms with van der Waals surface area (Å²) in [6.45, 7) is 0.351. The monoisotopic (exact) mass is 326 g/mol. The van der Waals surface area contributed by atoms with E-state index in [4.69, 9.17) is 4.74 Å². The molecule has 1 amide bonds. The first-order valence-corrected chi connectivity index (χ1v) is 8.91. The summed E-state index contributed by atoms with van der Waals surface area (Å²) in [6.07, 6.45) is 4.19. The van der Waals surface area contributed by atoms with Crippen molar-refractivity contribution in [2.45, 2.75) is 43.0 Å². The van der Waals surface area contributed by atoms with E-state index in [2.05, 4.69) is 10.0 Å². The molecule has 2 N–H and O–H groups in total. The van der Waals surface area contributed by atoms with E-state index < -0.39 is 10.0 Å². The molecule has 0 radical (unpaired) electrons. The standard InChI is InChI=1S/C15H22N2O4S/c1-21-11-10-15(18)16-12-6-8-14(9-7-12)22(19,20)17-13-4-2-3-5-13/h6-9,13,17H,2-5,10-11H2,1H3,(H,16,18). The zero-order chi connectivity index (χ0) is 16.0. The van der Waals surface area contributed by atoms with Crippen LogP contribution in [0.5, 0.6) is 0 Å². The van der Waals surface area contributed by atoms with E-state index in [-0.39, 0.29) is 23.3 Å². The largest absolute Gasteiger partial charge is 0.384 e. The van der Waals surface area contributed by atoms with Crippen LogP contribution in [0, 0.1) is 0 Å². The van der Waals surface area contributed by atoms with Crippen LogP contribution in [0.4, 0.5) is 5.69 Å². The molecule has 1 saturated carbocycles. The van der Waals surface area contributed by atoms with Crippen molar-refractivity contribution < 1.29 is 17.9 Å². The molecule has 0 heterocycles. The van der Waals surface area contributed by atoms with E-state index in [1.54, 1.807) is 12.1 Å². The molecule has 122 valence electrons. The van der Waals surface area contributed by atoms with E-state index >= 15 is 0 Å². The molecule has 1 aromatic rings. The molecule has 22 heavy (non-hydrogen) atoms. The van der Waals surface area contributed by atoms with Gasteiger partial charge in [-0.2, -0.15) is 0 Å². The first-order valence-electron chi connectivity index (χ1n) is 7.42. The lowest BCUT2D eigenvalue weighted by Gasteiger charge is -2.13. The number of hydrogen-bond acceptors (Lipinski definition) is 4. The number of methoxy groups -OCH3 is 1. The van der Waals surface area contributed by atoms with Gasteiger partial charge in [-0.05, 0) is 37.1 Å². The third-order valence-corrected chi connectivity index (χ3v) is 5.20. The van der Waals surface area contributed by atoms with Crippen molar-refractivity contribution in [1.82, 2.24) is 4.72 Å². The Hall–Kier alpha value is -1.44. The third kappa shape index (κ3) is 4.79. The van der Waals surface area contributed by atoms with E-state index in [1.165, 1.54) is 19.2 Å². The molecule has 0 bridgehead atoms. The van der Waals surface area contributed by atoms with Crippen LogP contribution in [0.15, 0.2) is 29.2 Å². The average molecular weight is 326 g/mol. The van der Waals surface area contributed by atoms with Gasteiger partial charge in [-0.1, -0.05) is 12.8 Å². The van der Waals surface area contributed by atoms with Crippen molar-refractivity contribution >= 4 is 21.6 Å². The number of carbonyl (C=O) groups excluding carboxylic acids is 1. The summed E-state index contributed by atoms with van der Waals surface area (Å²) in [6, 6.07) is 6.23. The van der Waals surface area contributed by atoms with Gasteiger partial charge < -0.3 is 10.1 Å². The number of amides is 1. The fourth-order valence-electron chi connectivity index (χ4n) is 2.47. The summed E-state index contributed by atoms with van der Waals surface area (Å²) in [4.78, 5) is 11.8. The SMILES string of the molecule is COCCC(=O)Nc1ccc(S(=O)(=O)NC2CCCC2)cc1. The van der Waals surface area contributed by atoms with Gasteiger partial charge in [-0.3, -0.25) is 4.79 Å². The van der Waals surface area contributed by atoms with Crippen molar-refractivity contribution in [1.29, 1.82) is 0 Å². The summed E-state index contributed by atoms with van der Waals surface area (Å²) in [7, 11) is -1.95. The number of rotatable bonds is 7. The van der Waals surface area contributed by atoms with E-state index in [0.29, 0.717) is 12.3 Å². The van der Waals surface area contributed by atoms with Gasteiger partial charge in [-0.15, -0.1) is 0 Å². The van der Waals surface area contributed by atoms with Crippen LogP contribution in [-0.4, -0.2) is 34.1 Å². The molecule has 0 saturated heterocycles. The lowest BCUT2D eigenvalue weighted by atomic mass is 10.3. The maximum atomic E-state index is 12.2. The summed E-state index contributed by atoms with van der Waals surface area (Å²) < 4.78 is 32.1. The van der Waals surface area contributed by atoms with E-state index in [0.717, 1.165) is 25.7 Å². The van der Waals surface area contributed by atoms with Crippen LogP contribution in [0.3, 0.4) is 0 Å². The molecule has 0 unspecified atom stereocenters. The Balaban J connectivity index is 1.96. The Morgan fingerprint density at radius 2 is 1.86 bits per heavy atom. The van der Waals surface area contributed by atoms with Gasteiger partial charge in [0.1, 0.15) is 0 Å². The highest BCUT2D eigenvalue weighted by Gasteiger charge is 2.22. The number of sulfonamides is 1. The van der Waals surface area contributed by atoms with E-state index in [1.807, 2.05) is 0 Å². The lowest BCUT2D eigenvalue weighted by Crippen LogP contribution is -2.32. The van der Waals surface area contributed by atoms with Crippen molar-refractivity contribution in [3.05, 3.63) is 24.3 Å². The highest BCUT2D eigenvalue weighted by atomic mass is 32.2. The number of carbonyl (C=O) groups is 1. The zero-order valence-electron chi connectivity index (χ0n) is 12.7. The molecule has 1 aromatic carbocycles. The number of nitrogens with one attached hydrogen (secondary N) is 2. The molecule has 7 heteroatoms. The predicted molar refractivity (Wildman–Crippen MR) is 84.1 cm³/mol. The second-order valence-corrected chi connectivity index (χ2v) is 7.13. The van der Waals surface area contributed by atoms with Crippen LogP contribution >= 0.6 is 0 Å². The molecule has 1 aliphatic carbocycles. The molecule has 6 nitrogen and oxygen atoms in total. The van der Waals surface area contributed by atoms with Gasteiger partial charge in [0.25, 0.3) is 0 Å². The minimum Gasteiger partial charge on any atom is -0.384 e. The Bertz CT molecular complexity index is 592. The predicted octanol–water partition coefficient (Wildman–Crippen LogP) is 1.88. The van der Waals surface area contributed by atoms with Gasteiger partial charge in [0.05, 0.1) is 17.9 Å². The minimum atomic E-state index is -3.49. The Labute approximate surface area is 131 Å². The average Bonchev–Trinajstić information content (AvgIpc) is 2.98. The quantitative estimate of drug-likeness (QED) is 0.801. The number of hydrogen-bond donors (Lipinski definition) is 2. The van der Waals surface area contributed by atoms with Gasteiger partial charge in [0, 0.05) is 18.8 Å². The fraction of sp³-hybridized carbons (Fsp3) is 0.533. The molecular weight excluding hydrogens is 304 g/mol. The topological polar surface area (TPSA) is 84.5 Å². The van der Waals surface area contributed by atoms with Gasteiger partial charge >= 0.3 is 0 Å². The van der Waals surface area contributed by atoms with Crippen LogP contribution in [0.2, 0.25) is 0 Å². The molecular formula is C15H22N2O4S. The lowest BCUT2D eigenvalue weighted by molar-refractivity contribution is -0.117. The van der Waals surface area contributed by atoms with Gasteiger partial charge in [0.2, 0.25) is 15.9 Å². The van der Waals surface area contributed by atoms with Crippen molar-refractivity contribution in [3.63, 3.8) is 0 Å². The summed E-state index contributed by atoms with van der Waals surface area (Å²) in [5.41, 5.74) is 0.570. The molecule has 0 spiro atoms. The van der Waals surface area contributed by atoms with Gasteiger partial charge in [0.15, 0.2) is 0 Å². The highest BCUT2D eigenvalue weighted by molar-refractivity contribution is 7.89. The fourth-order valence-corrected chi connectivity index (χ4v) is 3.77. The van der Waals surface area contributed by atoms with Crippen LogP contribution in [0.25, 0.3) is 0 Å². The Kier molecular flexibility index (Phi) is 5.93. The molecule has 1 fully saturated rings. The first-order chi connectivity index (χ1) is 10.5. The second kappa shape index (κ2) is 7.71. The molecule has 1 aliphatic rings. The van der Waals surface area contributed by atoms with Crippen molar-refractivity contribution in [3.8, 4) is 0 Å². The summed E-state index contributed by atoms with van der Waals surface area (Å²) in [5.74, 6) is -0.165. The third-order valence-electron chi connectivity index (χ3n) is 3.66. The first kappa shape index (κ1) is 16.9. The zero-order valence-corrected chi connectivity index (χ0v) is 13.5. The minimum absolute atomic E-state index is 0.0402. The van der Waals surface area contributed by atoms with Crippen LogP contribution < -0.4 is 10.0 Å². The van der Waals surface area contributed by atoms with Crippen molar-refractivity contribution in [2.75, 3.05) is 19.0 Å². The molecule has 0 atom stereocenters. The summed E-state index contributed by atoms with van der Waals surface area (Å²) in [5, 5.41) is 2.69. The molecule has 2 rings (SSSR count). The Morgan fingerprint density at radius 1 is 1.23 bits per heavy atom.